The number of benzene rings is 2. The number of ether oxygens (including phenoxy) is 1. The van der Waals surface area contributed by atoms with Gasteiger partial charge in [0.2, 0.25) is 0 Å². The maximum atomic E-state index is 13.6. The van der Waals surface area contributed by atoms with E-state index >= 15 is 0 Å². The molecular weight excluding hydrogens is 439 g/mol. The summed E-state index contributed by atoms with van der Waals surface area (Å²) in [6.07, 6.45) is 1.71. The molecule has 0 radical (unpaired) electrons. The first-order valence-electron chi connectivity index (χ1n) is 9.36. The third-order valence-electron chi connectivity index (χ3n) is 5.04. The fourth-order valence-electron chi connectivity index (χ4n) is 3.52. The number of carbonyl (C=O) groups is 2. The summed E-state index contributed by atoms with van der Waals surface area (Å²) in [6.45, 7) is 3.80. The van der Waals surface area contributed by atoms with Gasteiger partial charge in [-0.1, -0.05) is 11.6 Å². The standard InChI is InChI=1S/C23H18ClFN2O3S/c1-13-10-15(14(2)26(13)17-6-9-20(25)19(24)12-17)11-21-22(28)27(23(29)31-21)16-4-7-18(30-3)8-5-16/h4-12H,1-3H3/b21-11-. The summed E-state index contributed by atoms with van der Waals surface area (Å²) in [4.78, 5) is 27.0. The second kappa shape index (κ2) is 8.24. The first kappa shape index (κ1) is 21.2. The van der Waals surface area contributed by atoms with Gasteiger partial charge in [0.05, 0.1) is 22.7 Å². The molecule has 8 heteroatoms. The summed E-state index contributed by atoms with van der Waals surface area (Å²) >= 11 is 6.83. The van der Waals surface area contributed by atoms with Gasteiger partial charge >= 0.3 is 0 Å². The molecule has 0 atom stereocenters. The minimum atomic E-state index is -0.486. The van der Waals surface area contributed by atoms with Crippen LogP contribution < -0.4 is 9.64 Å². The van der Waals surface area contributed by atoms with Gasteiger partial charge in [0.1, 0.15) is 11.6 Å². The van der Waals surface area contributed by atoms with Crippen molar-refractivity contribution >= 4 is 46.3 Å². The molecule has 5 nitrogen and oxygen atoms in total. The van der Waals surface area contributed by atoms with E-state index in [0.29, 0.717) is 22.0 Å². The van der Waals surface area contributed by atoms with Crippen molar-refractivity contribution in [2.24, 2.45) is 0 Å². The number of halogens is 2. The molecule has 2 aromatic carbocycles. The Bertz CT molecular complexity index is 1230. The Morgan fingerprint density at radius 2 is 1.71 bits per heavy atom. The molecule has 0 bridgehead atoms. The minimum Gasteiger partial charge on any atom is -0.497 e. The third kappa shape index (κ3) is 3.86. The molecule has 2 heterocycles. The van der Waals surface area contributed by atoms with Gasteiger partial charge in [-0.3, -0.25) is 9.59 Å². The third-order valence-corrected chi connectivity index (χ3v) is 6.20. The topological polar surface area (TPSA) is 51.5 Å². The van der Waals surface area contributed by atoms with E-state index in [0.717, 1.165) is 33.6 Å². The van der Waals surface area contributed by atoms with E-state index in [1.807, 2.05) is 24.5 Å². The Hall–Kier alpha value is -3.03. The smallest absolute Gasteiger partial charge is 0.298 e. The Kier molecular flexibility index (Phi) is 5.64. The average Bonchev–Trinajstić information content (AvgIpc) is 3.18. The molecule has 1 aliphatic rings. The molecule has 1 fully saturated rings. The molecule has 0 aliphatic carbocycles. The molecule has 2 amide bonds. The van der Waals surface area contributed by atoms with Crippen molar-refractivity contribution in [3.63, 3.8) is 0 Å². The normalized spacial score (nSPS) is 15.3. The van der Waals surface area contributed by atoms with Crippen molar-refractivity contribution in [1.82, 2.24) is 4.57 Å². The van der Waals surface area contributed by atoms with Crippen molar-refractivity contribution in [1.29, 1.82) is 0 Å². The van der Waals surface area contributed by atoms with E-state index in [-0.39, 0.29) is 16.2 Å². The quantitative estimate of drug-likeness (QED) is 0.443. The monoisotopic (exact) mass is 456 g/mol. The van der Waals surface area contributed by atoms with Crippen LogP contribution in [-0.2, 0) is 4.79 Å². The Morgan fingerprint density at radius 1 is 1.03 bits per heavy atom. The summed E-state index contributed by atoms with van der Waals surface area (Å²) in [7, 11) is 1.55. The number of aromatic nitrogens is 1. The molecule has 3 aromatic rings. The van der Waals surface area contributed by atoms with Crippen molar-refractivity contribution in [3.8, 4) is 11.4 Å². The number of carbonyl (C=O) groups excluding carboxylic acids is 2. The van der Waals surface area contributed by atoms with Gasteiger partial charge < -0.3 is 9.30 Å². The predicted molar refractivity (Wildman–Crippen MR) is 122 cm³/mol. The van der Waals surface area contributed by atoms with E-state index in [4.69, 9.17) is 16.3 Å². The molecule has 1 aromatic heterocycles. The number of nitrogens with zero attached hydrogens (tertiary/aromatic N) is 2. The van der Waals surface area contributed by atoms with Gasteiger partial charge in [-0.2, -0.15) is 0 Å². The maximum Gasteiger partial charge on any atom is 0.298 e. The lowest BCUT2D eigenvalue weighted by molar-refractivity contribution is -0.113. The highest BCUT2D eigenvalue weighted by Crippen LogP contribution is 2.37. The summed E-state index contributed by atoms with van der Waals surface area (Å²) in [5.74, 6) is -0.227. The van der Waals surface area contributed by atoms with Crippen molar-refractivity contribution in [3.05, 3.63) is 81.2 Å². The van der Waals surface area contributed by atoms with Crippen LogP contribution in [0.1, 0.15) is 17.0 Å². The Labute approximate surface area is 188 Å². The van der Waals surface area contributed by atoms with Crippen LogP contribution >= 0.6 is 23.4 Å². The minimum absolute atomic E-state index is 0.0344. The number of thioether (sulfide) groups is 1. The molecular formula is C23H18ClFN2O3S. The molecule has 158 valence electrons. The molecule has 0 N–H and O–H groups in total. The fraction of sp³-hybridized carbons (Fsp3) is 0.130. The van der Waals surface area contributed by atoms with Crippen LogP contribution in [0, 0.1) is 19.7 Å². The molecule has 0 saturated carbocycles. The highest BCUT2D eigenvalue weighted by atomic mass is 35.5. The number of hydrogen-bond donors (Lipinski definition) is 0. The molecule has 1 saturated heterocycles. The van der Waals surface area contributed by atoms with Gasteiger partial charge in [0.15, 0.2) is 0 Å². The van der Waals surface area contributed by atoms with Gasteiger partial charge in [-0.05, 0) is 85.8 Å². The molecule has 4 rings (SSSR count). The van der Waals surface area contributed by atoms with Gasteiger partial charge in [-0.25, -0.2) is 9.29 Å². The van der Waals surface area contributed by atoms with Crippen LogP contribution in [0.2, 0.25) is 5.02 Å². The first-order chi connectivity index (χ1) is 14.8. The lowest BCUT2D eigenvalue weighted by Crippen LogP contribution is -2.27. The lowest BCUT2D eigenvalue weighted by atomic mass is 10.2. The second-order valence-electron chi connectivity index (χ2n) is 6.98. The highest BCUT2D eigenvalue weighted by molar-refractivity contribution is 8.19. The van der Waals surface area contributed by atoms with Gasteiger partial charge in [0, 0.05) is 17.1 Å². The van der Waals surface area contributed by atoms with Crippen molar-refractivity contribution < 1.29 is 18.7 Å². The molecule has 0 unspecified atom stereocenters. The number of imide groups is 1. The zero-order valence-corrected chi connectivity index (χ0v) is 18.6. The van der Waals surface area contributed by atoms with Gasteiger partial charge in [-0.15, -0.1) is 0 Å². The van der Waals surface area contributed by atoms with Crippen molar-refractivity contribution in [2.75, 3.05) is 12.0 Å². The van der Waals surface area contributed by atoms with Crippen LogP contribution in [-0.4, -0.2) is 22.8 Å². The summed E-state index contributed by atoms with van der Waals surface area (Å²) in [6, 6.07) is 13.2. The van der Waals surface area contributed by atoms with Crippen LogP contribution in [0.3, 0.4) is 0 Å². The molecule has 31 heavy (non-hydrogen) atoms. The predicted octanol–water partition coefficient (Wildman–Crippen LogP) is 6.14. The van der Waals surface area contributed by atoms with E-state index in [2.05, 4.69) is 0 Å². The summed E-state index contributed by atoms with van der Waals surface area (Å²) < 4.78 is 20.6. The van der Waals surface area contributed by atoms with Crippen LogP contribution in [0.5, 0.6) is 5.75 Å². The number of anilines is 1. The molecule has 0 spiro atoms. The van der Waals surface area contributed by atoms with E-state index in [9.17, 15) is 14.0 Å². The Morgan fingerprint density at radius 3 is 2.35 bits per heavy atom. The number of aryl methyl sites for hydroxylation is 1. The van der Waals surface area contributed by atoms with E-state index in [1.54, 1.807) is 49.6 Å². The summed E-state index contributed by atoms with van der Waals surface area (Å²) in [5.41, 5.74) is 3.72. The van der Waals surface area contributed by atoms with Crippen LogP contribution in [0.4, 0.5) is 14.9 Å². The fourth-order valence-corrected chi connectivity index (χ4v) is 4.53. The largest absolute Gasteiger partial charge is 0.497 e. The van der Waals surface area contributed by atoms with Crippen LogP contribution in [0.15, 0.2) is 53.4 Å². The second-order valence-corrected chi connectivity index (χ2v) is 8.38. The highest BCUT2D eigenvalue weighted by Gasteiger charge is 2.36. The lowest BCUT2D eigenvalue weighted by Gasteiger charge is -2.12. The van der Waals surface area contributed by atoms with Crippen molar-refractivity contribution in [2.45, 2.75) is 13.8 Å². The summed E-state index contributed by atoms with van der Waals surface area (Å²) in [5, 5.41) is -0.326. The maximum absolute atomic E-state index is 13.6. The first-order valence-corrected chi connectivity index (χ1v) is 10.6. The number of amides is 2. The van der Waals surface area contributed by atoms with E-state index < -0.39 is 5.82 Å². The zero-order valence-electron chi connectivity index (χ0n) is 17.0. The van der Waals surface area contributed by atoms with Gasteiger partial charge in [0.25, 0.3) is 11.1 Å². The van der Waals surface area contributed by atoms with Crippen LogP contribution in [0.25, 0.3) is 11.8 Å². The number of rotatable bonds is 4. The molecule has 1 aliphatic heterocycles. The zero-order chi connectivity index (χ0) is 22.3. The Balaban J connectivity index is 1.68. The number of hydrogen-bond acceptors (Lipinski definition) is 4. The van der Waals surface area contributed by atoms with E-state index in [1.165, 1.54) is 6.07 Å². The SMILES string of the molecule is COc1ccc(N2C(=O)S/C(=C\c3cc(C)n(-c4ccc(F)c(Cl)c4)c3C)C2=O)cc1. The average molecular weight is 457 g/mol. The number of methoxy groups -OCH3 is 1.